The third-order valence-corrected chi connectivity index (χ3v) is 12.8. The molecule has 2 aliphatic heterocycles. The second kappa shape index (κ2) is 14.9. The van der Waals surface area contributed by atoms with E-state index in [1.54, 1.807) is 13.2 Å². The van der Waals surface area contributed by atoms with Crippen LogP contribution in [0.2, 0.25) is 0 Å². The Balaban J connectivity index is 1.12. The van der Waals surface area contributed by atoms with Gasteiger partial charge in [0, 0.05) is 46.3 Å². The number of H-pyrrole nitrogens is 1. The number of aliphatic hydroxyl groups is 1. The first-order valence-corrected chi connectivity index (χ1v) is 20.4. The van der Waals surface area contributed by atoms with Crippen molar-refractivity contribution < 1.29 is 34.3 Å². The molecular formula is C49H48N2O7. The minimum absolute atomic E-state index is 0.0355. The normalized spacial score (nSPS) is 21.3. The molecule has 0 spiro atoms. The summed E-state index contributed by atoms with van der Waals surface area (Å²) in [4.78, 5) is 3.33. The quantitative estimate of drug-likeness (QED) is 0.0879. The van der Waals surface area contributed by atoms with Crippen molar-refractivity contribution >= 4 is 17.0 Å². The summed E-state index contributed by atoms with van der Waals surface area (Å²) < 4.78 is 26.5. The molecule has 0 bridgehead atoms. The molecule has 5 aromatic carbocycles. The number of hydrogen-bond donors (Lipinski definition) is 5. The van der Waals surface area contributed by atoms with E-state index in [0.29, 0.717) is 44.6 Å². The number of allylic oxidation sites excluding steroid dienone is 1. The summed E-state index contributed by atoms with van der Waals surface area (Å²) in [6.45, 7) is 0.240. The van der Waals surface area contributed by atoms with E-state index in [4.69, 9.17) is 18.9 Å². The summed E-state index contributed by atoms with van der Waals surface area (Å²) in [5.41, 5.74) is 12.5. The van der Waals surface area contributed by atoms with Crippen LogP contribution in [0.5, 0.6) is 28.7 Å². The zero-order chi connectivity index (χ0) is 39.5. The summed E-state index contributed by atoms with van der Waals surface area (Å²) in [6.07, 6.45) is 9.07. The molecular weight excluding hydrogens is 729 g/mol. The van der Waals surface area contributed by atoms with E-state index in [1.807, 2.05) is 49.6 Å². The van der Waals surface area contributed by atoms with Crippen molar-refractivity contribution in [2.45, 2.75) is 68.7 Å². The van der Waals surface area contributed by atoms with Crippen LogP contribution in [0.1, 0.15) is 74.4 Å². The van der Waals surface area contributed by atoms with Crippen molar-refractivity contribution in [1.82, 2.24) is 10.3 Å². The van der Waals surface area contributed by atoms with E-state index >= 15 is 0 Å². The number of phenolic OH excluding ortho intramolecular Hbond substituents is 2. The zero-order valence-corrected chi connectivity index (χ0v) is 32.8. The van der Waals surface area contributed by atoms with Gasteiger partial charge in [-0.3, -0.25) is 5.32 Å². The highest BCUT2D eigenvalue weighted by Gasteiger charge is 2.44. The molecule has 2 aliphatic carbocycles. The predicted octanol–water partition coefficient (Wildman–Crippen LogP) is 8.41. The maximum Gasteiger partial charge on any atom is 0.161 e. The molecule has 5 atom stereocenters. The Morgan fingerprint density at radius 2 is 1.76 bits per heavy atom. The fourth-order valence-corrected chi connectivity index (χ4v) is 10.0. The third-order valence-electron chi connectivity index (χ3n) is 12.8. The van der Waals surface area contributed by atoms with Crippen molar-refractivity contribution in [1.29, 1.82) is 0 Å². The number of aliphatic hydroxyl groups excluding tert-OH is 1. The molecule has 0 fully saturated rings. The first-order valence-electron chi connectivity index (χ1n) is 20.4. The lowest BCUT2D eigenvalue weighted by Gasteiger charge is -2.43. The second-order valence-electron chi connectivity index (χ2n) is 16.1. The maximum atomic E-state index is 11.3. The average Bonchev–Trinajstić information content (AvgIpc) is 3.74. The van der Waals surface area contributed by atoms with E-state index in [1.165, 1.54) is 11.1 Å². The van der Waals surface area contributed by atoms with Gasteiger partial charge in [0.1, 0.15) is 29.5 Å². The number of fused-ring (bicyclic) bond motifs is 8. The van der Waals surface area contributed by atoms with Crippen molar-refractivity contribution in [3.8, 4) is 39.9 Å². The smallest absolute Gasteiger partial charge is 0.161 e. The third kappa shape index (κ3) is 6.11. The van der Waals surface area contributed by atoms with Gasteiger partial charge in [-0.2, -0.15) is 0 Å². The van der Waals surface area contributed by atoms with Gasteiger partial charge in [0.05, 0.1) is 20.4 Å². The van der Waals surface area contributed by atoms with Gasteiger partial charge in [0.2, 0.25) is 0 Å². The molecule has 0 amide bonds. The fourth-order valence-electron chi connectivity index (χ4n) is 10.0. The number of aromatic amines is 1. The number of ether oxygens (including phenoxy) is 4. The molecule has 9 heteroatoms. The van der Waals surface area contributed by atoms with Crippen molar-refractivity contribution in [2.75, 3.05) is 27.5 Å². The zero-order valence-electron chi connectivity index (χ0n) is 32.8. The summed E-state index contributed by atoms with van der Waals surface area (Å²) in [5, 5.41) is 37.4. The first-order chi connectivity index (χ1) is 28.4. The van der Waals surface area contributed by atoms with E-state index in [9.17, 15) is 15.3 Å². The van der Waals surface area contributed by atoms with Crippen molar-refractivity contribution in [2.24, 2.45) is 0 Å². The Hall–Kier alpha value is -5.74. The van der Waals surface area contributed by atoms with Crippen LogP contribution in [0, 0.1) is 0 Å². The highest BCUT2D eigenvalue weighted by Crippen LogP contribution is 2.59. The SMILES string of the molecule is CNCO[C@@H]1Cc2c3c(c4c(c2O[C@@H]1c1cc(CCc2ccccc2)c(O)c(OC)c1)CC[C@H](CO)O4)-c1ccc(O)c2c1[C@H](C3)[C@@H](c1ccc3[nH]ccc3c1)C=C2. The van der Waals surface area contributed by atoms with Crippen LogP contribution in [0.4, 0.5) is 0 Å². The Kier molecular flexibility index (Phi) is 9.39. The van der Waals surface area contributed by atoms with Gasteiger partial charge in [-0.25, -0.2) is 0 Å². The molecule has 1 aromatic heterocycles. The molecule has 10 rings (SSSR count). The average molecular weight is 777 g/mol. The number of rotatable bonds is 10. The van der Waals surface area contributed by atoms with Crippen LogP contribution in [0.25, 0.3) is 28.1 Å². The Labute approximate surface area is 337 Å². The van der Waals surface area contributed by atoms with Gasteiger partial charge in [-0.05, 0) is 126 Å². The van der Waals surface area contributed by atoms with Gasteiger partial charge in [-0.1, -0.05) is 54.6 Å². The number of aryl methyl sites for hydroxylation is 2. The number of hydrogen-bond acceptors (Lipinski definition) is 8. The van der Waals surface area contributed by atoms with Gasteiger partial charge >= 0.3 is 0 Å². The number of methoxy groups -OCH3 is 1. The molecule has 0 radical (unpaired) electrons. The number of benzene rings is 5. The number of aromatic hydroxyl groups is 2. The molecule has 9 nitrogen and oxygen atoms in total. The summed E-state index contributed by atoms with van der Waals surface area (Å²) in [6, 6.07) is 26.8. The number of aromatic nitrogens is 1. The molecule has 0 unspecified atom stereocenters. The van der Waals surface area contributed by atoms with Crippen LogP contribution in [0.3, 0.4) is 0 Å². The molecule has 58 heavy (non-hydrogen) atoms. The summed E-state index contributed by atoms with van der Waals surface area (Å²) in [5.74, 6) is 2.47. The Morgan fingerprint density at radius 3 is 2.59 bits per heavy atom. The van der Waals surface area contributed by atoms with E-state index in [-0.39, 0.29) is 42.1 Å². The van der Waals surface area contributed by atoms with Crippen LogP contribution >= 0.6 is 0 Å². The predicted molar refractivity (Wildman–Crippen MR) is 224 cm³/mol. The fraction of sp³-hybridized carbons (Fsp3) is 0.306. The van der Waals surface area contributed by atoms with Gasteiger partial charge in [-0.15, -0.1) is 0 Å². The summed E-state index contributed by atoms with van der Waals surface area (Å²) >= 11 is 0. The van der Waals surface area contributed by atoms with Crippen LogP contribution < -0.4 is 19.5 Å². The van der Waals surface area contributed by atoms with E-state index < -0.39 is 6.10 Å². The molecule has 5 N–H and O–H groups in total. The largest absolute Gasteiger partial charge is 0.507 e. The highest BCUT2D eigenvalue weighted by atomic mass is 16.6. The summed E-state index contributed by atoms with van der Waals surface area (Å²) in [7, 11) is 3.45. The standard InChI is InChI=1S/C49H48N2O7/c1-50-26-56-43-24-39-38-23-37-33(28-10-16-40-29(20-28)18-19-51-40)13-14-34-41(53)17-15-35(44(34)37)45(38)49-36(12-11-32(25-52)57-49)48(39)58-47(43)31-21-30(46(54)42(22-31)55-2)9-8-27-6-4-3-5-7-27/h3-7,10,13-22,32-33,37,43,47,50-54H,8-9,11-12,23-26H2,1-2H3/t32-,33-,37-,43-,47-/m1/s1. The number of phenols is 2. The minimum atomic E-state index is -0.513. The van der Waals surface area contributed by atoms with Crippen LogP contribution in [-0.2, 0) is 36.8 Å². The van der Waals surface area contributed by atoms with Crippen molar-refractivity contribution in [3.63, 3.8) is 0 Å². The van der Waals surface area contributed by atoms with Gasteiger partial charge < -0.3 is 39.3 Å². The van der Waals surface area contributed by atoms with E-state index in [2.05, 4.69) is 58.9 Å². The van der Waals surface area contributed by atoms with E-state index in [0.717, 1.165) is 78.9 Å². The highest BCUT2D eigenvalue weighted by molar-refractivity contribution is 5.89. The molecule has 6 aromatic rings. The van der Waals surface area contributed by atoms with Gasteiger partial charge in [0.15, 0.2) is 17.6 Å². The monoisotopic (exact) mass is 776 g/mol. The molecule has 296 valence electrons. The maximum absolute atomic E-state index is 11.3. The van der Waals surface area contributed by atoms with Gasteiger partial charge in [0.25, 0.3) is 0 Å². The van der Waals surface area contributed by atoms with Crippen LogP contribution in [-0.4, -0.2) is 60.0 Å². The number of nitrogens with one attached hydrogen (secondary N) is 2. The lowest BCUT2D eigenvalue weighted by molar-refractivity contribution is -0.0436. The lowest BCUT2D eigenvalue weighted by atomic mass is 9.65. The lowest BCUT2D eigenvalue weighted by Crippen LogP contribution is -2.37. The Morgan fingerprint density at radius 1 is 0.879 bits per heavy atom. The molecule has 3 heterocycles. The molecule has 0 saturated carbocycles. The Bertz CT molecular complexity index is 2560. The topological polar surface area (TPSA) is 125 Å². The minimum Gasteiger partial charge on any atom is -0.507 e. The van der Waals surface area contributed by atoms with Crippen LogP contribution in [0.15, 0.2) is 91.1 Å². The molecule has 4 aliphatic rings. The van der Waals surface area contributed by atoms with Crippen molar-refractivity contribution in [3.05, 3.63) is 141 Å². The first kappa shape index (κ1) is 36.6. The molecule has 0 saturated heterocycles. The second-order valence-corrected chi connectivity index (χ2v) is 16.1.